The van der Waals surface area contributed by atoms with Crippen molar-refractivity contribution in [2.45, 2.75) is 33.1 Å². The van der Waals surface area contributed by atoms with E-state index in [2.05, 4.69) is 13.8 Å². The van der Waals surface area contributed by atoms with Crippen molar-refractivity contribution in [3.8, 4) is 0 Å². The van der Waals surface area contributed by atoms with Crippen molar-refractivity contribution in [1.29, 1.82) is 0 Å². The summed E-state index contributed by atoms with van der Waals surface area (Å²) < 4.78 is 5.20. The fourth-order valence-electron chi connectivity index (χ4n) is 1.95. The SMILES string of the molecule is COC[C@]1(C)CCC[C@H]1C. The molecule has 1 fully saturated rings. The van der Waals surface area contributed by atoms with Crippen molar-refractivity contribution < 1.29 is 4.74 Å². The molecule has 60 valence electrons. The van der Waals surface area contributed by atoms with Gasteiger partial charge >= 0.3 is 0 Å². The molecule has 0 N–H and O–H groups in total. The highest BCUT2D eigenvalue weighted by Gasteiger charge is 2.35. The van der Waals surface area contributed by atoms with Gasteiger partial charge in [0.15, 0.2) is 0 Å². The number of hydrogen-bond donors (Lipinski definition) is 0. The molecule has 0 saturated heterocycles. The molecule has 0 aromatic heterocycles. The Hall–Kier alpha value is -0.0400. The van der Waals surface area contributed by atoms with Crippen molar-refractivity contribution in [3.05, 3.63) is 0 Å². The highest BCUT2D eigenvalue weighted by atomic mass is 16.5. The van der Waals surface area contributed by atoms with Crippen LogP contribution >= 0.6 is 0 Å². The molecule has 1 rings (SSSR count). The highest BCUT2D eigenvalue weighted by molar-refractivity contribution is 4.85. The second-order valence-corrected chi connectivity index (χ2v) is 3.88. The van der Waals surface area contributed by atoms with Crippen LogP contribution in [0.15, 0.2) is 0 Å². The van der Waals surface area contributed by atoms with Gasteiger partial charge in [-0.25, -0.2) is 0 Å². The lowest BCUT2D eigenvalue weighted by atomic mass is 9.82. The molecule has 1 saturated carbocycles. The van der Waals surface area contributed by atoms with Crippen LogP contribution in [0, 0.1) is 11.3 Å². The third-order valence-corrected chi connectivity index (χ3v) is 3.05. The Morgan fingerprint density at radius 1 is 1.60 bits per heavy atom. The van der Waals surface area contributed by atoms with Gasteiger partial charge in [0.05, 0.1) is 6.61 Å². The lowest BCUT2D eigenvalue weighted by Gasteiger charge is -2.27. The van der Waals surface area contributed by atoms with Crippen LogP contribution in [0.1, 0.15) is 33.1 Å². The Balaban J connectivity index is 2.48. The molecule has 10 heavy (non-hydrogen) atoms. The molecule has 1 heteroatoms. The highest BCUT2D eigenvalue weighted by Crippen LogP contribution is 2.42. The van der Waals surface area contributed by atoms with E-state index in [4.69, 9.17) is 4.74 Å². The molecule has 0 aromatic rings. The lowest BCUT2D eigenvalue weighted by Crippen LogP contribution is -2.24. The summed E-state index contributed by atoms with van der Waals surface area (Å²) >= 11 is 0. The van der Waals surface area contributed by atoms with Crippen LogP contribution in [-0.2, 0) is 4.74 Å². The summed E-state index contributed by atoms with van der Waals surface area (Å²) in [5.74, 6) is 0.854. The van der Waals surface area contributed by atoms with Gasteiger partial charge in [0, 0.05) is 7.11 Å². The van der Waals surface area contributed by atoms with Gasteiger partial charge in [0.1, 0.15) is 0 Å². The minimum absolute atomic E-state index is 0.481. The smallest absolute Gasteiger partial charge is 0.0518 e. The molecular formula is C9H18O. The first kappa shape index (κ1) is 8.06. The van der Waals surface area contributed by atoms with E-state index in [0.29, 0.717) is 5.41 Å². The van der Waals surface area contributed by atoms with Crippen LogP contribution in [-0.4, -0.2) is 13.7 Å². The minimum Gasteiger partial charge on any atom is -0.384 e. The second-order valence-electron chi connectivity index (χ2n) is 3.88. The monoisotopic (exact) mass is 142 g/mol. The minimum atomic E-state index is 0.481. The molecule has 0 aliphatic heterocycles. The number of ether oxygens (including phenoxy) is 1. The standard InChI is InChI=1S/C9H18O/c1-8-5-4-6-9(8,2)7-10-3/h8H,4-7H2,1-3H3/t8-,9+/m1/s1. The maximum atomic E-state index is 5.20. The first-order valence-electron chi connectivity index (χ1n) is 4.18. The third kappa shape index (κ3) is 1.34. The third-order valence-electron chi connectivity index (χ3n) is 3.05. The summed E-state index contributed by atoms with van der Waals surface area (Å²) in [6, 6.07) is 0. The topological polar surface area (TPSA) is 9.23 Å². The average molecular weight is 142 g/mol. The van der Waals surface area contributed by atoms with Crippen LogP contribution in [0.3, 0.4) is 0 Å². The van der Waals surface area contributed by atoms with Crippen molar-refractivity contribution >= 4 is 0 Å². The van der Waals surface area contributed by atoms with Gasteiger partial charge in [0.25, 0.3) is 0 Å². The molecule has 1 nitrogen and oxygen atoms in total. The zero-order valence-electron chi connectivity index (χ0n) is 7.31. The van der Waals surface area contributed by atoms with E-state index < -0.39 is 0 Å². The molecule has 0 aromatic carbocycles. The lowest BCUT2D eigenvalue weighted by molar-refractivity contribution is 0.0689. The molecule has 0 radical (unpaired) electrons. The summed E-state index contributed by atoms with van der Waals surface area (Å²) in [5.41, 5.74) is 0.481. The molecule has 1 aliphatic rings. The van der Waals surface area contributed by atoms with Gasteiger partial charge in [-0.1, -0.05) is 26.7 Å². The fraction of sp³-hybridized carbons (Fsp3) is 1.00. The maximum absolute atomic E-state index is 5.20. The normalized spacial score (nSPS) is 40.5. The van der Waals surface area contributed by atoms with Gasteiger partial charge in [-0.05, 0) is 17.8 Å². The number of hydrogen-bond acceptors (Lipinski definition) is 1. The Labute approximate surface area is 63.8 Å². The van der Waals surface area contributed by atoms with Crippen LogP contribution in [0.5, 0.6) is 0 Å². The Morgan fingerprint density at radius 3 is 2.70 bits per heavy atom. The fourth-order valence-corrected chi connectivity index (χ4v) is 1.95. The first-order valence-corrected chi connectivity index (χ1v) is 4.18. The molecule has 1 aliphatic carbocycles. The Kier molecular flexibility index (Phi) is 2.35. The number of rotatable bonds is 2. The van der Waals surface area contributed by atoms with E-state index in [1.165, 1.54) is 19.3 Å². The number of methoxy groups -OCH3 is 1. The summed E-state index contributed by atoms with van der Waals surface area (Å²) in [6.45, 7) is 5.62. The predicted octanol–water partition coefficient (Wildman–Crippen LogP) is 2.46. The van der Waals surface area contributed by atoms with Crippen LogP contribution < -0.4 is 0 Å². The molecular weight excluding hydrogens is 124 g/mol. The van der Waals surface area contributed by atoms with Crippen LogP contribution in [0.4, 0.5) is 0 Å². The van der Waals surface area contributed by atoms with E-state index >= 15 is 0 Å². The van der Waals surface area contributed by atoms with Crippen molar-refractivity contribution in [1.82, 2.24) is 0 Å². The average Bonchev–Trinajstić information content (AvgIpc) is 2.15. The largest absolute Gasteiger partial charge is 0.384 e. The summed E-state index contributed by atoms with van der Waals surface area (Å²) in [7, 11) is 1.80. The van der Waals surface area contributed by atoms with E-state index in [9.17, 15) is 0 Å². The predicted molar refractivity (Wildman–Crippen MR) is 43.0 cm³/mol. The quantitative estimate of drug-likeness (QED) is 0.575. The molecule has 0 amide bonds. The zero-order valence-corrected chi connectivity index (χ0v) is 7.31. The molecule has 0 spiro atoms. The second kappa shape index (κ2) is 2.91. The Morgan fingerprint density at radius 2 is 2.30 bits per heavy atom. The zero-order chi connectivity index (χ0) is 7.61. The van der Waals surface area contributed by atoms with Gasteiger partial charge < -0.3 is 4.74 Å². The van der Waals surface area contributed by atoms with Gasteiger partial charge in [-0.2, -0.15) is 0 Å². The molecule has 0 bridgehead atoms. The maximum Gasteiger partial charge on any atom is 0.0518 e. The van der Waals surface area contributed by atoms with Gasteiger partial charge in [-0.15, -0.1) is 0 Å². The van der Waals surface area contributed by atoms with E-state index in [1.54, 1.807) is 7.11 Å². The van der Waals surface area contributed by atoms with E-state index in [1.807, 2.05) is 0 Å². The van der Waals surface area contributed by atoms with E-state index in [0.717, 1.165) is 12.5 Å². The summed E-state index contributed by atoms with van der Waals surface area (Å²) in [6.07, 6.45) is 4.13. The van der Waals surface area contributed by atoms with Crippen LogP contribution in [0.2, 0.25) is 0 Å². The summed E-state index contributed by atoms with van der Waals surface area (Å²) in [4.78, 5) is 0. The van der Waals surface area contributed by atoms with Crippen molar-refractivity contribution in [2.24, 2.45) is 11.3 Å². The molecule has 0 heterocycles. The molecule has 2 atom stereocenters. The van der Waals surface area contributed by atoms with Gasteiger partial charge in [0.2, 0.25) is 0 Å². The Bertz CT molecular complexity index is 111. The first-order chi connectivity index (χ1) is 4.69. The molecule has 0 unspecified atom stereocenters. The van der Waals surface area contributed by atoms with Crippen molar-refractivity contribution in [3.63, 3.8) is 0 Å². The summed E-state index contributed by atoms with van der Waals surface area (Å²) in [5, 5.41) is 0. The van der Waals surface area contributed by atoms with Gasteiger partial charge in [-0.3, -0.25) is 0 Å². The van der Waals surface area contributed by atoms with Crippen molar-refractivity contribution in [2.75, 3.05) is 13.7 Å². The van der Waals surface area contributed by atoms with E-state index in [-0.39, 0.29) is 0 Å². The van der Waals surface area contributed by atoms with Crippen LogP contribution in [0.25, 0.3) is 0 Å².